The number of aliphatic hydroxyl groups is 3. The van der Waals surface area contributed by atoms with Gasteiger partial charge in [0.15, 0.2) is 11.8 Å². The lowest BCUT2D eigenvalue weighted by Gasteiger charge is -2.23. The SMILES string of the molecule is CC#C[C@]1(CO)O[C@@H](n2ccc(N)nc2=O)[C@H](O)[C@@H]1O. The maximum atomic E-state index is 11.7. The van der Waals surface area contributed by atoms with Gasteiger partial charge in [-0.25, -0.2) is 4.79 Å². The second-order valence-electron chi connectivity index (χ2n) is 4.41. The molecule has 0 bridgehead atoms. The van der Waals surface area contributed by atoms with Crippen molar-refractivity contribution in [2.45, 2.75) is 31.0 Å². The number of nitrogens with two attached hydrogens (primary N) is 1. The van der Waals surface area contributed by atoms with Crippen LogP contribution < -0.4 is 11.4 Å². The maximum absolute atomic E-state index is 11.7. The summed E-state index contributed by atoms with van der Waals surface area (Å²) >= 11 is 0. The van der Waals surface area contributed by atoms with E-state index in [-0.39, 0.29) is 5.82 Å². The molecule has 108 valence electrons. The molecule has 20 heavy (non-hydrogen) atoms. The van der Waals surface area contributed by atoms with Gasteiger partial charge >= 0.3 is 5.69 Å². The lowest BCUT2D eigenvalue weighted by Crippen LogP contribution is -2.45. The highest BCUT2D eigenvalue weighted by Crippen LogP contribution is 2.36. The van der Waals surface area contributed by atoms with E-state index in [9.17, 15) is 20.1 Å². The number of ether oxygens (including phenoxy) is 1. The first-order valence-electron chi connectivity index (χ1n) is 5.88. The summed E-state index contributed by atoms with van der Waals surface area (Å²) in [6, 6.07) is 1.36. The van der Waals surface area contributed by atoms with Gasteiger partial charge in [-0.2, -0.15) is 4.98 Å². The van der Waals surface area contributed by atoms with E-state index < -0.39 is 36.3 Å². The second-order valence-corrected chi connectivity index (χ2v) is 4.41. The highest BCUT2D eigenvalue weighted by Gasteiger charge is 2.54. The van der Waals surface area contributed by atoms with Gasteiger partial charge in [-0.1, -0.05) is 5.92 Å². The van der Waals surface area contributed by atoms with Crippen LogP contribution in [0.3, 0.4) is 0 Å². The van der Waals surface area contributed by atoms with Crippen LogP contribution in [0.1, 0.15) is 13.2 Å². The molecular formula is C12H15N3O5. The third-order valence-electron chi connectivity index (χ3n) is 3.12. The van der Waals surface area contributed by atoms with Crippen molar-refractivity contribution in [1.29, 1.82) is 0 Å². The molecule has 1 fully saturated rings. The van der Waals surface area contributed by atoms with Crippen molar-refractivity contribution < 1.29 is 20.1 Å². The monoisotopic (exact) mass is 281 g/mol. The molecule has 1 aromatic rings. The van der Waals surface area contributed by atoms with E-state index in [0.717, 1.165) is 4.57 Å². The lowest BCUT2D eigenvalue weighted by molar-refractivity contribution is -0.0937. The summed E-state index contributed by atoms with van der Waals surface area (Å²) in [5, 5.41) is 29.4. The Kier molecular flexibility index (Phi) is 3.78. The Morgan fingerprint density at radius 3 is 2.85 bits per heavy atom. The Bertz CT molecular complexity index is 619. The molecule has 0 amide bonds. The van der Waals surface area contributed by atoms with Crippen LogP contribution in [0.2, 0.25) is 0 Å². The Labute approximate surface area is 114 Å². The van der Waals surface area contributed by atoms with Crippen LogP contribution in [0.4, 0.5) is 5.82 Å². The minimum absolute atomic E-state index is 0.0288. The van der Waals surface area contributed by atoms with E-state index in [4.69, 9.17) is 10.5 Å². The molecule has 1 aliphatic rings. The fourth-order valence-corrected chi connectivity index (χ4v) is 2.11. The Hall–Kier alpha value is -1.92. The summed E-state index contributed by atoms with van der Waals surface area (Å²) in [7, 11) is 0. The van der Waals surface area contributed by atoms with E-state index in [0.29, 0.717) is 0 Å². The molecule has 1 aromatic heterocycles. The fourth-order valence-electron chi connectivity index (χ4n) is 2.11. The number of aromatic nitrogens is 2. The Morgan fingerprint density at radius 2 is 2.30 bits per heavy atom. The number of hydrogen-bond acceptors (Lipinski definition) is 7. The van der Waals surface area contributed by atoms with Crippen molar-refractivity contribution >= 4 is 5.82 Å². The molecule has 5 N–H and O–H groups in total. The van der Waals surface area contributed by atoms with Gasteiger partial charge in [0, 0.05) is 6.20 Å². The summed E-state index contributed by atoms with van der Waals surface area (Å²) in [6.07, 6.45) is -2.82. The number of hydrogen-bond donors (Lipinski definition) is 4. The van der Waals surface area contributed by atoms with Gasteiger partial charge in [0.2, 0.25) is 0 Å². The first-order chi connectivity index (χ1) is 9.45. The van der Waals surface area contributed by atoms with E-state index >= 15 is 0 Å². The first kappa shape index (κ1) is 14.5. The molecule has 0 saturated carbocycles. The summed E-state index contributed by atoms with van der Waals surface area (Å²) in [5.74, 6) is 5.07. The van der Waals surface area contributed by atoms with Gasteiger partial charge in [-0.3, -0.25) is 4.57 Å². The largest absolute Gasteiger partial charge is 0.392 e. The minimum Gasteiger partial charge on any atom is -0.392 e. The predicted octanol–water partition coefficient (Wildman–Crippen LogP) is -2.17. The number of nitrogens with zero attached hydrogens (tertiary/aromatic N) is 2. The second kappa shape index (κ2) is 5.22. The zero-order valence-corrected chi connectivity index (χ0v) is 10.7. The number of aliphatic hydroxyl groups excluding tert-OH is 3. The predicted molar refractivity (Wildman–Crippen MR) is 68.3 cm³/mol. The van der Waals surface area contributed by atoms with Crippen LogP contribution in [0.15, 0.2) is 17.1 Å². The normalized spacial score (nSPS) is 32.7. The average Bonchev–Trinajstić information content (AvgIpc) is 2.65. The third kappa shape index (κ3) is 2.17. The Morgan fingerprint density at radius 1 is 1.60 bits per heavy atom. The molecule has 1 saturated heterocycles. The van der Waals surface area contributed by atoms with Gasteiger partial charge in [0.05, 0.1) is 6.61 Å². The molecule has 2 rings (SSSR count). The molecule has 0 radical (unpaired) electrons. The van der Waals surface area contributed by atoms with Crippen molar-refractivity contribution in [3.8, 4) is 11.8 Å². The zero-order chi connectivity index (χ0) is 14.9. The van der Waals surface area contributed by atoms with Crippen molar-refractivity contribution in [2.24, 2.45) is 0 Å². The molecule has 0 aromatic carbocycles. The third-order valence-corrected chi connectivity index (χ3v) is 3.12. The van der Waals surface area contributed by atoms with Crippen LogP contribution in [0.25, 0.3) is 0 Å². The van der Waals surface area contributed by atoms with E-state index in [2.05, 4.69) is 16.8 Å². The summed E-state index contributed by atoms with van der Waals surface area (Å²) in [4.78, 5) is 15.2. The fraction of sp³-hybridized carbons (Fsp3) is 0.500. The summed E-state index contributed by atoms with van der Waals surface area (Å²) in [6.45, 7) is 0.879. The number of nitrogen functional groups attached to an aromatic ring is 1. The zero-order valence-electron chi connectivity index (χ0n) is 10.7. The standard InChI is InChI=1S/C12H15N3O5/c1-2-4-12(6-16)9(18)8(17)10(20-12)15-5-3-7(13)14-11(15)19/h3,5,8-10,16-18H,6H2,1H3,(H2,13,14,19)/t8-,9+,10-,12-/m1/s1. The minimum atomic E-state index is -1.64. The van der Waals surface area contributed by atoms with Gasteiger partial charge < -0.3 is 25.8 Å². The van der Waals surface area contributed by atoms with Crippen molar-refractivity contribution in [3.05, 3.63) is 22.7 Å². The van der Waals surface area contributed by atoms with Crippen LogP contribution in [-0.2, 0) is 4.74 Å². The molecule has 0 aliphatic carbocycles. The van der Waals surface area contributed by atoms with Gasteiger partial charge in [0.25, 0.3) is 0 Å². The first-order valence-corrected chi connectivity index (χ1v) is 5.88. The number of anilines is 1. The highest BCUT2D eigenvalue weighted by atomic mass is 16.6. The van der Waals surface area contributed by atoms with Crippen LogP contribution in [0.5, 0.6) is 0 Å². The van der Waals surface area contributed by atoms with Crippen molar-refractivity contribution in [3.63, 3.8) is 0 Å². The van der Waals surface area contributed by atoms with E-state index in [1.165, 1.54) is 19.2 Å². The summed E-state index contributed by atoms with van der Waals surface area (Å²) < 4.78 is 6.41. The van der Waals surface area contributed by atoms with E-state index in [1.807, 2.05) is 0 Å². The van der Waals surface area contributed by atoms with Crippen LogP contribution in [-0.4, -0.2) is 49.3 Å². The smallest absolute Gasteiger partial charge is 0.351 e. The number of rotatable bonds is 2. The van der Waals surface area contributed by atoms with Gasteiger partial charge in [-0.05, 0) is 13.0 Å². The molecular weight excluding hydrogens is 266 g/mol. The van der Waals surface area contributed by atoms with E-state index in [1.54, 1.807) is 0 Å². The molecule has 4 atom stereocenters. The molecule has 2 heterocycles. The van der Waals surface area contributed by atoms with Crippen LogP contribution >= 0.6 is 0 Å². The quantitative estimate of drug-likeness (QED) is 0.454. The van der Waals surface area contributed by atoms with Crippen molar-refractivity contribution in [1.82, 2.24) is 9.55 Å². The lowest BCUT2D eigenvalue weighted by atomic mass is 9.97. The van der Waals surface area contributed by atoms with Crippen LogP contribution in [0, 0.1) is 11.8 Å². The molecule has 8 heteroatoms. The Balaban J connectivity index is 2.44. The molecule has 0 spiro atoms. The molecule has 0 unspecified atom stereocenters. The van der Waals surface area contributed by atoms with Gasteiger partial charge in [-0.15, -0.1) is 5.92 Å². The topological polar surface area (TPSA) is 131 Å². The van der Waals surface area contributed by atoms with Gasteiger partial charge in [0.1, 0.15) is 18.0 Å². The van der Waals surface area contributed by atoms with Crippen molar-refractivity contribution in [2.75, 3.05) is 12.3 Å². The highest BCUT2D eigenvalue weighted by molar-refractivity contribution is 5.25. The molecule has 1 aliphatic heterocycles. The maximum Gasteiger partial charge on any atom is 0.351 e. The molecule has 8 nitrogen and oxygen atoms in total. The summed E-state index contributed by atoms with van der Waals surface area (Å²) in [5.41, 5.74) is 3.00. The average molecular weight is 281 g/mol.